The number of hydrogen-bond acceptors (Lipinski definition) is 2. The minimum Gasteiger partial charge on any atom is -0.384 e. The van der Waals surface area contributed by atoms with Crippen LogP contribution in [0, 0.1) is 0 Å². The summed E-state index contributed by atoms with van der Waals surface area (Å²) in [7, 11) is 0. The van der Waals surface area contributed by atoms with Gasteiger partial charge in [0, 0.05) is 6.54 Å². The van der Waals surface area contributed by atoms with Crippen molar-refractivity contribution in [3.8, 4) is 0 Å². The fourth-order valence-electron chi connectivity index (χ4n) is 2.08. The Morgan fingerprint density at radius 2 is 1.94 bits per heavy atom. The van der Waals surface area contributed by atoms with Gasteiger partial charge in [-0.15, -0.1) is 0 Å². The summed E-state index contributed by atoms with van der Waals surface area (Å²) in [4.78, 5) is 0. The third-order valence-electron chi connectivity index (χ3n) is 3.08. The molecule has 1 unspecified atom stereocenters. The molecule has 0 amide bonds. The third-order valence-corrected chi connectivity index (χ3v) is 3.08. The quantitative estimate of drug-likeness (QED) is 0.707. The van der Waals surface area contributed by atoms with Crippen molar-refractivity contribution in [3.05, 3.63) is 48.0 Å². The molecule has 2 heteroatoms. The second kappa shape index (κ2) is 5.28. The Labute approximate surface area is 97.0 Å². The fourth-order valence-corrected chi connectivity index (χ4v) is 2.08. The summed E-state index contributed by atoms with van der Waals surface area (Å²) in [6.45, 7) is 1.60. The molecule has 2 rings (SSSR count). The summed E-state index contributed by atoms with van der Waals surface area (Å²) in [5.74, 6) is 0. The lowest BCUT2D eigenvalue weighted by atomic mass is 9.90. The third kappa shape index (κ3) is 2.71. The van der Waals surface area contributed by atoms with Gasteiger partial charge in [-0.25, -0.2) is 0 Å². The predicted octanol–water partition coefficient (Wildman–Crippen LogP) is 2.20. The highest BCUT2D eigenvalue weighted by Crippen LogP contribution is 2.25. The van der Waals surface area contributed by atoms with E-state index in [9.17, 15) is 5.11 Å². The van der Waals surface area contributed by atoms with Crippen LogP contribution < -0.4 is 5.32 Å². The average molecular weight is 217 g/mol. The van der Waals surface area contributed by atoms with Gasteiger partial charge in [0.15, 0.2) is 0 Å². The van der Waals surface area contributed by atoms with Gasteiger partial charge in [-0.3, -0.25) is 0 Å². The molecule has 0 saturated carbocycles. The highest BCUT2D eigenvalue weighted by molar-refractivity contribution is 5.24. The maximum atomic E-state index is 10.7. The van der Waals surface area contributed by atoms with Crippen LogP contribution in [0.1, 0.15) is 24.8 Å². The van der Waals surface area contributed by atoms with Gasteiger partial charge >= 0.3 is 0 Å². The van der Waals surface area contributed by atoms with Crippen molar-refractivity contribution in [1.82, 2.24) is 5.32 Å². The Morgan fingerprint density at radius 1 is 1.12 bits per heavy atom. The Morgan fingerprint density at radius 3 is 2.75 bits per heavy atom. The molecule has 0 fully saturated rings. The molecule has 2 nitrogen and oxygen atoms in total. The Balaban J connectivity index is 2.20. The molecule has 16 heavy (non-hydrogen) atoms. The first-order valence-corrected chi connectivity index (χ1v) is 5.95. The summed E-state index contributed by atoms with van der Waals surface area (Å²) in [6, 6.07) is 9.92. The summed E-state index contributed by atoms with van der Waals surface area (Å²) >= 11 is 0. The molecule has 0 spiro atoms. The van der Waals surface area contributed by atoms with E-state index in [1.54, 1.807) is 0 Å². The first-order chi connectivity index (χ1) is 7.81. The Bertz CT molecular complexity index is 347. The normalized spacial score (nSPS) is 28.8. The highest BCUT2D eigenvalue weighted by Gasteiger charge is 2.27. The van der Waals surface area contributed by atoms with E-state index in [-0.39, 0.29) is 0 Å². The van der Waals surface area contributed by atoms with Crippen LogP contribution in [0.3, 0.4) is 0 Å². The van der Waals surface area contributed by atoms with Crippen molar-refractivity contribution in [2.45, 2.75) is 24.9 Å². The smallest absolute Gasteiger partial charge is 0.105 e. The van der Waals surface area contributed by atoms with Gasteiger partial charge in [0.05, 0.1) is 0 Å². The number of aliphatic hydroxyl groups is 1. The molecule has 0 saturated heterocycles. The average Bonchev–Trinajstić information content (AvgIpc) is 2.43. The largest absolute Gasteiger partial charge is 0.384 e. The number of allylic oxidation sites excluding steroid dienone is 1. The molecular formula is C14H19NO. The van der Waals surface area contributed by atoms with Gasteiger partial charge in [-0.1, -0.05) is 42.5 Å². The first kappa shape index (κ1) is 11.4. The molecule has 86 valence electrons. The van der Waals surface area contributed by atoms with E-state index in [0.717, 1.165) is 24.9 Å². The Hall–Kier alpha value is -1.12. The molecule has 1 heterocycles. The minimum atomic E-state index is -0.762. The first-order valence-electron chi connectivity index (χ1n) is 5.95. The zero-order valence-electron chi connectivity index (χ0n) is 9.52. The molecular weight excluding hydrogens is 198 g/mol. The predicted molar refractivity (Wildman–Crippen MR) is 66.2 cm³/mol. The second-order valence-electron chi connectivity index (χ2n) is 4.39. The van der Waals surface area contributed by atoms with E-state index in [1.165, 1.54) is 0 Å². The zero-order valence-corrected chi connectivity index (χ0v) is 9.52. The topological polar surface area (TPSA) is 32.3 Å². The summed E-state index contributed by atoms with van der Waals surface area (Å²) in [6.07, 6.45) is 7.18. The van der Waals surface area contributed by atoms with Crippen molar-refractivity contribution in [3.63, 3.8) is 0 Å². The van der Waals surface area contributed by atoms with E-state index >= 15 is 0 Å². The van der Waals surface area contributed by atoms with Crippen LogP contribution in [-0.2, 0) is 5.60 Å². The zero-order chi connectivity index (χ0) is 11.3. The van der Waals surface area contributed by atoms with Gasteiger partial charge in [0.25, 0.3) is 0 Å². The summed E-state index contributed by atoms with van der Waals surface area (Å²) in [5.41, 5.74) is 0.233. The number of benzene rings is 1. The molecule has 1 aromatic rings. The molecule has 0 radical (unpaired) electrons. The molecule has 1 aromatic carbocycles. The van der Waals surface area contributed by atoms with Crippen molar-refractivity contribution < 1.29 is 5.11 Å². The van der Waals surface area contributed by atoms with Gasteiger partial charge < -0.3 is 10.4 Å². The van der Waals surface area contributed by atoms with Gasteiger partial charge in [0.1, 0.15) is 5.60 Å². The SMILES string of the molecule is OC1(c2ccccc2)C/C=C/CCCNC1. The maximum absolute atomic E-state index is 10.7. The second-order valence-corrected chi connectivity index (χ2v) is 4.39. The number of rotatable bonds is 1. The lowest BCUT2D eigenvalue weighted by molar-refractivity contribution is 0.0403. The maximum Gasteiger partial charge on any atom is 0.105 e. The minimum absolute atomic E-state index is 0.626. The van der Waals surface area contributed by atoms with Crippen molar-refractivity contribution in [1.29, 1.82) is 0 Å². The molecule has 1 aliphatic heterocycles. The standard InChI is InChI=1S/C14H19NO/c16-14(13-8-4-3-5-9-13)10-6-1-2-7-11-15-12-14/h1,3-6,8-9,15-16H,2,7,10-12H2/b6-1+. The lowest BCUT2D eigenvalue weighted by Gasteiger charge is -2.27. The van der Waals surface area contributed by atoms with Crippen LogP contribution in [0.2, 0.25) is 0 Å². The van der Waals surface area contributed by atoms with Crippen LogP contribution in [-0.4, -0.2) is 18.2 Å². The van der Waals surface area contributed by atoms with Crippen LogP contribution in [0.4, 0.5) is 0 Å². The van der Waals surface area contributed by atoms with Gasteiger partial charge in [-0.2, -0.15) is 0 Å². The van der Waals surface area contributed by atoms with Gasteiger partial charge in [0.2, 0.25) is 0 Å². The van der Waals surface area contributed by atoms with E-state index < -0.39 is 5.60 Å². The van der Waals surface area contributed by atoms with Crippen LogP contribution in [0.5, 0.6) is 0 Å². The molecule has 0 aromatic heterocycles. The monoisotopic (exact) mass is 217 g/mol. The lowest BCUT2D eigenvalue weighted by Crippen LogP contribution is -2.37. The molecule has 0 aliphatic carbocycles. The number of nitrogens with one attached hydrogen (secondary N) is 1. The van der Waals surface area contributed by atoms with Crippen molar-refractivity contribution >= 4 is 0 Å². The number of hydrogen-bond donors (Lipinski definition) is 2. The molecule has 1 aliphatic rings. The molecule has 0 bridgehead atoms. The van der Waals surface area contributed by atoms with E-state index in [1.807, 2.05) is 30.3 Å². The van der Waals surface area contributed by atoms with Crippen molar-refractivity contribution in [2.75, 3.05) is 13.1 Å². The van der Waals surface area contributed by atoms with Gasteiger partial charge in [-0.05, 0) is 31.4 Å². The van der Waals surface area contributed by atoms with E-state index in [2.05, 4.69) is 17.5 Å². The van der Waals surface area contributed by atoms with Crippen LogP contribution in [0.25, 0.3) is 0 Å². The summed E-state index contributed by atoms with van der Waals surface area (Å²) in [5, 5.41) is 14.0. The van der Waals surface area contributed by atoms with Crippen molar-refractivity contribution in [2.24, 2.45) is 0 Å². The fraction of sp³-hybridized carbons (Fsp3) is 0.429. The van der Waals surface area contributed by atoms with Crippen LogP contribution >= 0.6 is 0 Å². The van der Waals surface area contributed by atoms with E-state index in [0.29, 0.717) is 13.0 Å². The Kier molecular flexibility index (Phi) is 3.75. The molecule has 1 atom stereocenters. The number of β-amino-alcohol motifs (C(OH)–C–C–N with tert-alkyl or cyclic N) is 1. The summed E-state index contributed by atoms with van der Waals surface area (Å²) < 4.78 is 0. The highest BCUT2D eigenvalue weighted by atomic mass is 16.3. The van der Waals surface area contributed by atoms with Crippen LogP contribution in [0.15, 0.2) is 42.5 Å². The molecule has 2 N–H and O–H groups in total. The van der Waals surface area contributed by atoms with E-state index in [4.69, 9.17) is 0 Å².